The van der Waals surface area contributed by atoms with E-state index in [1.165, 1.54) is 6.92 Å². The molecule has 5 heteroatoms. The molecule has 2 rings (SSSR count). The van der Waals surface area contributed by atoms with Gasteiger partial charge in [0.25, 0.3) is 5.91 Å². The fourth-order valence-electron chi connectivity index (χ4n) is 2.30. The van der Waals surface area contributed by atoms with E-state index in [2.05, 4.69) is 17.6 Å². The largest absolute Gasteiger partial charge is 0.352 e. The third-order valence-corrected chi connectivity index (χ3v) is 3.50. The Bertz CT molecular complexity index is 484. The summed E-state index contributed by atoms with van der Waals surface area (Å²) in [6, 6.07) is 7.64. The standard InChI is InChI=1S/C15H21N3O2/c1-11-9-16-7-8-18(11)15(20)14-5-3-13(4-6-14)10-17-12(2)19/h3-6,11,16H,7-10H2,1-2H3,(H,17,19)/t11-/m1/s1. The van der Waals surface area contributed by atoms with Crippen LogP contribution in [0.25, 0.3) is 0 Å². The molecule has 0 aromatic heterocycles. The summed E-state index contributed by atoms with van der Waals surface area (Å²) in [7, 11) is 0. The molecule has 20 heavy (non-hydrogen) atoms. The average molecular weight is 275 g/mol. The third kappa shape index (κ3) is 3.57. The maximum atomic E-state index is 12.4. The van der Waals surface area contributed by atoms with Gasteiger partial charge in [0.05, 0.1) is 0 Å². The van der Waals surface area contributed by atoms with Gasteiger partial charge in [-0.2, -0.15) is 0 Å². The lowest BCUT2D eigenvalue weighted by molar-refractivity contribution is -0.119. The van der Waals surface area contributed by atoms with Crippen molar-refractivity contribution in [3.8, 4) is 0 Å². The Morgan fingerprint density at radius 3 is 2.65 bits per heavy atom. The van der Waals surface area contributed by atoms with Crippen molar-refractivity contribution in [3.63, 3.8) is 0 Å². The summed E-state index contributed by atoms with van der Waals surface area (Å²) in [5.41, 5.74) is 1.69. The molecule has 0 aliphatic carbocycles. The van der Waals surface area contributed by atoms with E-state index in [9.17, 15) is 9.59 Å². The Labute approximate surface area is 119 Å². The first kappa shape index (κ1) is 14.5. The highest BCUT2D eigenvalue weighted by Crippen LogP contribution is 2.11. The minimum Gasteiger partial charge on any atom is -0.352 e. The molecule has 2 N–H and O–H groups in total. The van der Waals surface area contributed by atoms with E-state index in [0.29, 0.717) is 12.1 Å². The lowest BCUT2D eigenvalue weighted by Gasteiger charge is -2.34. The van der Waals surface area contributed by atoms with Gasteiger partial charge in [-0.3, -0.25) is 9.59 Å². The second-order valence-electron chi connectivity index (χ2n) is 5.16. The van der Waals surface area contributed by atoms with Gasteiger partial charge in [0.1, 0.15) is 0 Å². The number of carbonyl (C=O) groups excluding carboxylic acids is 2. The fourth-order valence-corrected chi connectivity index (χ4v) is 2.30. The molecule has 5 nitrogen and oxygen atoms in total. The zero-order valence-corrected chi connectivity index (χ0v) is 12.0. The van der Waals surface area contributed by atoms with Crippen LogP contribution in [0.4, 0.5) is 0 Å². The summed E-state index contributed by atoms with van der Waals surface area (Å²) in [5.74, 6) is 0.0184. The van der Waals surface area contributed by atoms with Gasteiger partial charge in [-0.1, -0.05) is 12.1 Å². The van der Waals surface area contributed by atoms with Gasteiger partial charge in [0.2, 0.25) is 5.91 Å². The van der Waals surface area contributed by atoms with Crippen molar-refractivity contribution in [1.82, 2.24) is 15.5 Å². The average Bonchev–Trinajstić information content (AvgIpc) is 2.45. The van der Waals surface area contributed by atoms with E-state index in [1.807, 2.05) is 29.2 Å². The lowest BCUT2D eigenvalue weighted by atomic mass is 10.1. The van der Waals surface area contributed by atoms with Gasteiger partial charge in [-0.05, 0) is 24.6 Å². The number of nitrogens with zero attached hydrogens (tertiary/aromatic N) is 1. The zero-order chi connectivity index (χ0) is 14.5. The van der Waals surface area contributed by atoms with Crippen molar-refractivity contribution >= 4 is 11.8 Å². The molecule has 0 radical (unpaired) electrons. The predicted molar refractivity (Wildman–Crippen MR) is 77.3 cm³/mol. The minimum atomic E-state index is -0.0557. The van der Waals surface area contributed by atoms with E-state index < -0.39 is 0 Å². The molecule has 1 aliphatic heterocycles. The monoisotopic (exact) mass is 275 g/mol. The van der Waals surface area contributed by atoms with Crippen LogP contribution in [0.3, 0.4) is 0 Å². The number of carbonyl (C=O) groups is 2. The summed E-state index contributed by atoms with van der Waals surface area (Å²) in [5, 5.41) is 6.01. The van der Waals surface area contributed by atoms with Crippen LogP contribution in [0.15, 0.2) is 24.3 Å². The van der Waals surface area contributed by atoms with Crippen LogP contribution in [0.2, 0.25) is 0 Å². The fraction of sp³-hybridized carbons (Fsp3) is 0.467. The number of hydrogen-bond acceptors (Lipinski definition) is 3. The predicted octanol–water partition coefficient (Wildman–Crippen LogP) is 0.757. The van der Waals surface area contributed by atoms with Crippen LogP contribution in [0.5, 0.6) is 0 Å². The normalized spacial score (nSPS) is 18.7. The molecule has 1 heterocycles. The maximum Gasteiger partial charge on any atom is 0.254 e. The lowest BCUT2D eigenvalue weighted by Crippen LogP contribution is -2.52. The summed E-state index contributed by atoms with van der Waals surface area (Å²) in [6.07, 6.45) is 0. The molecule has 1 aromatic carbocycles. The molecule has 2 amide bonds. The molecule has 108 valence electrons. The van der Waals surface area contributed by atoms with Gasteiger partial charge >= 0.3 is 0 Å². The van der Waals surface area contributed by atoms with Crippen molar-refractivity contribution in [2.24, 2.45) is 0 Å². The molecule has 0 bridgehead atoms. The van der Waals surface area contributed by atoms with E-state index >= 15 is 0 Å². The molecule has 0 saturated carbocycles. The summed E-state index contributed by atoms with van der Waals surface area (Å²) in [4.78, 5) is 25.2. The quantitative estimate of drug-likeness (QED) is 0.856. The Hall–Kier alpha value is -1.88. The summed E-state index contributed by atoms with van der Waals surface area (Å²) < 4.78 is 0. The third-order valence-electron chi connectivity index (χ3n) is 3.50. The summed E-state index contributed by atoms with van der Waals surface area (Å²) >= 11 is 0. The van der Waals surface area contributed by atoms with Gasteiger partial charge in [-0.25, -0.2) is 0 Å². The molecular weight excluding hydrogens is 254 g/mol. The first-order chi connectivity index (χ1) is 9.58. The van der Waals surface area contributed by atoms with E-state index in [-0.39, 0.29) is 17.9 Å². The van der Waals surface area contributed by atoms with Crippen LogP contribution >= 0.6 is 0 Å². The van der Waals surface area contributed by atoms with Crippen molar-refractivity contribution in [2.75, 3.05) is 19.6 Å². The molecule has 0 unspecified atom stereocenters. The molecule has 1 aromatic rings. The van der Waals surface area contributed by atoms with Crippen LogP contribution < -0.4 is 10.6 Å². The second kappa shape index (κ2) is 6.52. The maximum absolute atomic E-state index is 12.4. The van der Waals surface area contributed by atoms with E-state index in [0.717, 1.165) is 25.2 Å². The molecule has 1 fully saturated rings. The first-order valence-corrected chi connectivity index (χ1v) is 6.93. The number of nitrogens with one attached hydrogen (secondary N) is 2. The highest BCUT2D eigenvalue weighted by molar-refractivity contribution is 5.94. The van der Waals surface area contributed by atoms with Crippen LogP contribution in [-0.2, 0) is 11.3 Å². The highest BCUT2D eigenvalue weighted by atomic mass is 16.2. The Kier molecular flexibility index (Phi) is 4.74. The number of amides is 2. The molecule has 0 spiro atoms. The second-order valence-corrected chi connectivity index (χ2v) is 5.16. The number of hydrogen-bond donors (Lipinski definition) is 2. The van der Waals surface area contributed by atoms with Crippen LogP contribution in [0, 0.1) is 0 Å². The molecular formula is C15H21N3O2. The highest BCUT2D eigenvalue weighted by Gasteiger charge is 2.23. The van der Waals surface area contributed by atoms with E-state index in [4.69, 9.17) is 0 Å². The van der Waals surface area contributed by atoms with Crippen molar-refractivity contribution in [3.05, 3.63) is 35.4 Å². The van der Waals surface area contributed by atoms with Gasteiger partial charge in [-0.15, -0.1) is 0 Å². The summed E-state index contributed by atoms with van der Waals surface area (Å²) in [6.45, 7) is 6.46. The zero-order valence-electron chi connectivity index (χ0n) is 12.0. The van der Waals surface area contributed by atoms with Crippen molar-refractivity contribution < 1.29 is 9.59 Å². The molecule has 1 aliphatic rings. The molecule has 1 atom stereocenters. The minimum absolute atomic E-state index is 0.0557. The number of rotatable bonds is 3. The Morgan fingerprint density at radius 2 is 2.05 bits per heavy atom. The topological polar surface area (TPSA) is 61.4 Å². The van der Waals surface area contributed by atoms with Crippen molar-refractivity contribution in [1.29, 1.82) is 0 Å². The smallest absolute Gasteiger partial charge is 0.254 e. The Balaban J connectivity index is 2.01. The van der Waals surface area contributed by atoms with Gasteiger partial charge < -0.3 is 15.5 Å². The van der Waals surface area contributed by atoms with Gasteiger partial charge in [0, 0.05) is 44.7 Å². The van der Waals surface area contributed by atoms with Gasteiger partial charge in [0.15, 0.2) is 0 Å². The van der Waals surface area contributed by atoms with Crippen LogP contribution in [-0.4, -0.2) is 42.4 Å². The van der Waals surface area contributed by atoms with E-state index in [1.54, 1.807) is 0 Å². The number of piperazine rings is 1. The SMILES string of the molecule is CC(=O)NCc1ccc(C(=O)N2CCNC[C@H]2C)cc1. The first-order valence-electron chi connectivity index (χ1n) is 6.93. The Morgan fingerprint density at radius 1 is 1.35 bits per heavy atom. The van der Waals surface area contributed by atoms with Crippen molar-refractivity contribution in [2.45, 2.75) is 26.4 Å². The molecule has 1 saturated heterocycles. The number of benzene rings is 1. The van der Waals surface area contributed by atoms with Crippen LogP contribution in [0.1, 0.15) is 29.8 Å².